The molecular weight excluding hydrogens is 119 g/mol. The van der Waals surface area contributed by atoms with Gasteiger partial charge in [-0.25, -0.2) is 5.23 Å². The standard InChI is InChI=1S/CH5N2O3P/c1-3(5)6-7-2-4/h3,7H,1H3. The van der Waals surface area contributed by atoms with Gasteiger partial charge in [0.1, 0.15) is 0 Å². The van der Waals surface area contributed by atoms with Crippen LogP contribution in [0.2, 0.25) is 0 Å². The predicted octanol–water partition coefficient (Wildman–Crippen LogP) is -0.795. The van der Waals surface area contributed by atoms with E-state index in [1.807, 2.05) is 0 Å². The quantitative estimate of drug-likeness (QED) is 0.304. The van der Waals surface area contributed by atoms with Crippen molar-refractivity contribution in [3.63, 3.8) is 0 Å². The Morgan fingerprint density at radius 2 is 2.57 bits per heavy atom. The van der Waals surface area contributed by atoms with Crippen molar-refractivity contribution >= 4 is 8.96 Å². The van der Waals surface area contributed by atoms with Gasteiger partial charge in [-0.3, -0.25) is 0 Å². The molecule has 1 N–H and O–H groups in total. The van der Waals surface area contributed by atoms with Crippen molar-refractivity contribution in [1.29, 1.82) is 0 Å². The van der Waals surface area contributed by atoms with Gasteiger partial charge >= 0.3 is 0 Å². The minimum absolute atomic E-state index is 0.474. The second kappa shape index (κ2) is 4.08. The molecule has 0 aliphatic carbocycles. The third-order valence-corrected chi connectivity index (χ3v) is 0.680. The molecule has 0 aromatic rings. The van der Waals surface area contributed by atoms with Gasteiger partial charge in [0.25, 0.3) is 8.96 Å². The second-order valence-corrected chi connectivity index (χ2v) is 1.35. The summed E-state index contributed by atoms with van der Waals surface area (Å²) >= 11 is 0. The van der Waals surface area contributed by atoms with E-state index in [9.17, 15) is 10.1 Å². The highest BCUT2D eigenvalue weighted by Crippen LogP contribution is 2.04. The maximum atomic E-state index is 9.79. The molecule has 5 nitrogen and oxygen atoms in total. The van der Waals surface area contributed by atoms with Gasteiger partial charge in [-0.1, -0.05) is 0 Å². The molecule has 7 heavy (non-hydrogen) atoms. The number of hydrogen-bond donors (Lipinski definition) is 1. The SMILES string of the molecule is C[NH+]([O-])OPN=O. The Morgan fingerprint density at radius 3 is 2.71 bits per heavy atom. The Kier molecular flexibility index (Phi) is 4.03. The van der Waals surface area contributed by atoms with Gasteiger partial charge in [-0.15, -0.1) is 4.91 Å². The van der Waals surface area contributed by atoms with Crippen LogP contribution in [0.25, 0.3) is 0 Å². The normalized spacial score (nSPS) is 15.1. The summed E-state index contributed by atoms with van der Waals surface area (Å²) in [6.07, 6.45) is 0. The molecule has 0 heterocycles. The van der Waals surface area contributed by atoms with Gasteiger partial charge < -0.3 is 5.21 Å². The van der Waals surface area contributed by atoms with Gasteiger partial charge in [0.15, 0.2) is 0 Å². The molecule has 0 aliphatic rings. The summed E-state index contributed by atoms with van der Waals surface area (Å²) in [7, 11) is 0.636. The molecular formula is CH5N2O3P. The third kappa shape index (κ3) is 5.91. The Morgan fingerprint density at radius 1 is 2.00 bits per heavy atom. The predicted molar refractivity (Wildman–Crippen MR) is 25.4 cm³/mol. The molecule has 0 rings (SSSR count). The lowest BCUT2D eigenvalue weighted by Crippen LogP contribution is -3.01. The molecule has 0 bridgehead atoms. The van der Waals surface area contributed by atoms with Crippen molar-refractivity contribution in [2.75, 3.05) is 7.05 Å². The first-order chi connectivity index (χ1) is 3.27. The zero-order valence-electron chi connectivity index (χ0n) is 3.67. The van der Waals surface area contributed by atoms with Crippen LogP contribution in [0.5, 0.6) is 0 Å². The molecule has 42 valence electrons. The van der Waals surface area contributed by atoms with E-state index in [0.717, 1.165) is 0 Å². The lowest BCUT2D eigenvalue weighted by molar-refractivity contribution is -1.00. The van der Waals surface area contributed by atoms with Crippen LogP contribution in [0.4, 0.5) is 0 Å². The molecule has 2 unspecified atom stereocenters. The Labute approximate surface area is 42.1 Å². The molecule has 0 radical (unpaired) electrons. The van der Waals surface area contributed by atoms with Crippen LogP contribution < -0.4 is 5.23 Å². The Bertz CT molecular complexity index is 56.9. The summed E-state index contributed by atoms with van der Waals surface area (Å²) in [6.45, 7) is 0. The Balaban J connectivity index is 2.81. The molecule has 0 aliphatic heterocycles. The number of hydrogen-bond acceptors (Lipinski definition) is 4. The van der Waals surface area contributed by atoms with Crippen molar-refractivity contribution in [3.8, 4) is 0 Å². The van der Waals surface area contributed by atoms with Gasteiger partial charge in [-0.05, 0) is 4.95 Å². The Hall–Kier alpha value is -0.0900. The summed E-state index contributed by atoms with van der Waals surface area (Å²) in [6, 6.07) is 0. The van der Waals surface area contributed by atoms with Crippen molar-refractivity contribution in [1.82, 2.24) is 0 Å². The average Bonchev–Trinajstić information content (AvgIpc) is 1.61. The molecule has 0 saturated carbocycles. The van der Waals surface area contributed by atoms with Crippen LogP contribution in [0, 0.1) is 10.1 Å². The minimum atomic E-state index is -0.585. The van der Waals surface area contributed by atoms with E-state index in [-0.39, 0.29) is 0 Å². The molecule has 0 fully saturated rings. The first kappa shape index (κ1) is 6.91. The van der Waals surface area contributed by atoms with Crippen LogP contribution in [0.3, 0.4) is 0 Å². The number of hydroxylamine groups is 2. The second-order valence-electron chi connectivity index (χ2n) is 0.776. The fraction of sp³-hybridized carbons (Fsp3) is 1.00. The molecule has 6 heteroatoms. The van der Waals surface area contributed by atoms with Crippen molar-refractivity contribution in [2.24, 2.45) is 4.95 Å². The van der Waals surface area contributed by atoms with Gasteiger partial charge in [0.05, 0.1) is 7.05 Å². The first-order valence-electron chi connectivity index (χ1n) is 1.52. The summed E-state index contributed by atoms with van der Waals surface area (Å²) in [5, 5.41) is 9.31. The molecule has 0 aromatic carbocycles. The summed E-state index contributed by atoms with van der Waals surface area (Å²) in [5.41, 5.74) is 0. The van der Waals surface area contributed by atoms with E-state index in [4.69, 9.17) is 0 Å². The van der Waals surface area contributed by atoms with E-state index in [1.54, 1.807) is 0 Å². The van der Waals surface area contributed by atoms with E-state index < -0.39 is 14.2 Å². The number of nitroso groups, excluding NO2 is 1. The van der Waals surface area contributed by atoms with E-state index in [1.165, 1.54) is 7.05 Å². The van der Waals surface area contributed by atoms with Gasteiger partial charge in [0.2, 0.25) is 0 Å². The summed E-state index contributed by atoms with van der Waals surface area (Å²) in [5.74, 6) is 0. The van der Waals surface area contributed by atoms with Crippen molar-refractivity contribution in [2.45, 2.75) is 0 Å². The van der Waals surface area contributed by atoms with Crippen molar-refractivity contribution in [3.05, 3.63) is 10.1 Å². The van der Waals surface area contributed by atoms with Gasteiger partial charge in [-0.2, -0.15) is 4.62 Å². The molecule has 0 amide bonds. The van der Waals surface area contributed by atoms with Crippen LogP contribution in [-0.2, 0) is 4.62 Å². The lowest BCUT2D eigenvalue weighted by Gasteiger charge is -2.08. The number of nitrogens with one attached hydrogen (secondary N) is 1. The zero-order valence-corrected chi connectivity index (χ0v) is 4.67. The van der Waals surface area contributed by atoms with Crippen LogP contribution in [0.15, 0.2) is 4.95 Å². The first-order valence-corrected chi connectivity index (χ1v) is 2.37. The monoisotopic (exact) mass is 124 g/mol. The molecule has 0 saturated heterocycles. The van der Waals surface area contributed by atoms with E-state index >= 15 is 0 Å². The zero-order chi connectivity index (χ0) is 5.70. The lowest BCUT2D eigenvalue weighted by atomic mass is 11.5. The number of quaternary nitrogens is 1. The fourth-order valence-corrected chi connectivity index (χ4v) is 0.249. The molecule has 2 atom stereocenters. The number of rotatable bonds is 3. The fourth-order valence-electron chi connectivity index (χ4n) is 0.0829. The highest BCUT2D eigenvalue weighted by atomic mass is 31.1. The largest absolute Gasteiger partial charge is 0.600 e. The molecule has 0 aromatic heterocycles. The highest BCUT2D eigenvalue weighted by molar-refractivity contribution is 7.30. The maximum absolute atomic E-state index is 9.79. The number of nitrogens with zero attached hydrogens (tertiary/aromatic N) is 1. The van der Waals surface area contributed by atoms with E-state index in [2.05, 4.69) is 9.57 Å². The maximum Gasteiger partial charge on any atom is 0.254 e. The third-order valence-electron chi connectivity index (χ3n) is 0.227. The van der Waals surface area contributed by atoms with Crippen LogP contribution >= 0.6 is 8.96 Å². The topological polar surface area (TPSA) is 66.2 Å². The summed E-state index contributed by atoms with van der Waals surface area (Å²) in [4.78, 5) is 11.5. The highest BCUT2D eigenvalue weighted by Gasteiger charge is 1.83. The van der Waals surface area contributed by atoms with Crippen LogP contribution in [0.1, 0.15) is 0 Å². The van der Waals surface area contributed by atoms with E-state index in [0.29, 0.717) is 0 Å². The van der Waals surface area contributed by atoms with Gasteiger partial charge in [0, 0.05) is 0 Å². The molecule has 0 spiro atoms. The minimum Gasteiger partial charge on any atom is -0.600 e. The summed E-state index contributed by atoms with van der Waals surface area (Å²) < 4.78 is 4.10. The van der Waals surface area contributed by atoms with Crippen LogP contribution in [-0.4, -0.2) is 7.05 Å². The van der Waals surface area contributed by atoms with Crippen molar-refractivity contribution < 1.29 is 9.85 Å². The smallest absolute Gasteiger partial charge is 0.254 e. The average molecular weight is 124 g/mol.